The van der Waals surface area contributed by atoms with Gasteiger partial charge in [0.1, 0.15) is 0 Å². The lowest BCUT2D eigenvalue weighted by Crippen LogP contribution is -2.26. The van der Waals surface area contributed by atoms with Crippen LogP contribution in [0.3, 0.4) is 0 Å². The summed E-state index contributed by atoms with van der Waals surface area (Å²) >= 11 is 0. The van der Waals surface area contributed by atoms with E-state index in [1.54, 1.807) is 5.57 Å². The highest BCUT2D eigenvalue weighted by Crippen LogP contribution is 2.49. The molecule has 138 valence electrons. The second kappa shape index (κ2) is 11.8. The number of hydrogen-bond acceptors (Lipinski definition) is 0. The van der Waals surface area contributed by atoms with E-state index in [0.29, 0.717) is 0 Å². The lowest BCUT2D eigenvalue weighted by atomic mass is 9.64. The second-order valence-corrected chi connectivity index (χ2v) is 6.70. The molecular weight excluding hydrogens is 300 g/mol. The van der Waals surface area contributed by atoms with Crippen molar-refractivity contribution in [2.75, 3.05) is 0 Å². The Labute approximate surface area is 157 Å². The highest BCUT2D eigenvalue weighted by atomic mass is 14.4. The van der Waals surface area contributed by atoms with Crippen LogP contribution >= 0.6 is 0 Å². The Kier molecular flexibility index (Phi) is 10.9. The predicted molar refractivity (Wildman–Crippen MR) is 116 cm³/mol. The van der Waals surface area contributed by atoms with Gasteiger partial charge in [0.15, 0.2) is 0 Å². The Bertz CT molecular complexity index is 564. The van der Waals surface area contributed by atoms with E-state index in [9.17, 15) is 0 Å². The number of benzene rings is 1. The molecule has 0 saturated heterocycles. The summed E-state index contributed by atoms with van der Waals surface area (Å²) in [5.41, 5.74) is 6.12. The minimum Gasteiger partial charge on any atom is -0.124 e. The third-order valence-corrected chi connectivity index (χ3v) is 5.03. The summed E-state index contributed by atoms with van der Waals surface area (Å²) in [7, 11) is 0. The SMILES string of the molecule is C#C.CC.CC/C=C1\C(CC)CC=C(c2ccc(CC)cc2)C1(C)C. The van der Waals surface area contributed by atoms with Crippen molar-refractivity contribution in [1.82, 2.24) is 0 Å². The Morgan fingerprint density at radius 3 is 2.04 bits per heavy atom. The second-order valence-electron chi connectivity index (χ2n) is 6.70. The summed E-state index contributed by atoms with van der Waals surface area (Å²) in [6.45, 7) is 15.6. The van der Waals surface area contributed by atoms with E-state index in [0.717, 1.165) is 18.8 Å². The number of rotatable bonds is 4. The molecule has 0 heterocycles. The number of allylic oxidation sites excluding steroid dienone is 4. The summed E-state index contributed by atoms with van der Waals surface area (Å²) in [6.07, 6.45) is 17.6. The molecule has 1 aliphatic rings. The van der Waals surface area contributed by atoms with Gasteiger partial charge in [0.2, 0.25) is 0 Å². The van der Waals surface area contributed by atoms with E-state index in [4.69, 9.17) is 0 Å². The molecule has 0 saturated carbocycles. The van der Waals surface area contributed by atoms with Crippen molar-refractivity contribution in [3.8, 4) is 12.8 Å². The quantitative estimate of drug-likeness (QED) is 0.389. The van der Waals surface area contributed by atoms with Crippen LogP contribution in [0.2, 0.25) is 0 Å². The molecule has 0 radical (unpaired) electrons. The van der Waals surface area contributed by atoms with Gasteiger partial charge in [-0.1, -0.05) is 90.5 Å². The van der Waals surface area contributed by atoms with Gasteiger partial charge in [-0.3, -0.25) is 0 Å². The van der Waals surface area contributed by atoms with E-state index in [1.165, 1.54) is 29.5 Å². The van der Waals surface area contributed by atoms with E-state index < -0.39 is 0 Å². The van der Waals surface area contributed by atoms with Crippen LogP contribution in [0.4, 0.5) is 0 Å². The van der Waals surface area contributed by atoms with Gasteiger partial charge >= 0.3 is 0 Å². The van der Waals surface area contributed by atoms with Crippen molar-refractivity contribution < 1.29 is 0 Å². The molecule has 0 fully saturated rings. The standard InChI is InChI=1S/C21H30.C2H6.C2H2/c1-6-9-19-17(8-3)14-15-20(21(19,4)5)18-12-10-16(7-2)11-13-18;2*1-2/h9-13,15,17H,6-8,14H2,1-5H3;1-2H3;1-2H/b19-9+;;. The topological polar surface area (TPSA) is 0 Å². The fourth-order valence-electron chi connectivity index (χ4n) is 3.74. The van der Waals surface area contributed by atoms with Gasteiger partial charge in [-0.05, 0) is 48.3 Å². The fraction of sp³-hybridized carbons (Fsp3) is 0.520. The van der Waals surface area contributed by atoms with Crippen LogP contribution in [0.15, 0.2) is 42.0 Å². The molecule has 25 heavy (non-hydrogen) atoms. The molecule has 0 aromatic heterocycles. The molecule has 0 amide bonds. The molecule has 0 nitrogen and oxygen atoms in total. The Balaban J connectivity index is 0.00000134. The highest BCUT2D eigenvalue weighted by molar-refractivity contribution is 5.74. The first-order chi connectivity index (χ1) is 12.0. The first kappa shape index (κ1) is 23.3. The lowest BCUT2D eigenvalue weighted by Gasteiger charge is -2.40. The maximum Gasteiger partial charge on any atom is 0.0111 e. The molecule has 1 aromatic rings. The molecule has 1 unspecified atom stereocenters. The first-order valence-electron chi connectivity index (χ1n) is 9.88. The molecule has 0 aliphatic heterocycles. The van der Waals surface area contributed by atoms with Crippen LogP contribution in [0.1, 0.15) is 78.9 Å². The van der Waals surface area contributed by atoms with E-state index in [-0.39, 0.29) is 5.41 Å². The van der Waals surface area contributed by atoms with Crippen molar-refractivity contribution in [1.29, 1.82) is 0 Å². The smallest absolute Gasteiger partial charge is 0.0111 e. The molecule has 0 spiro atoms. The predicted octanol–water partition coefficient (Wildman–Crippen LogP) is 7.70. The minimum absolute atomic E-state index is 0.155. The summed E-state index contributed by atoms with van der Waals surface area (Å²) in [4.78, 5) is 0. The van der Waals surface area contributed by atoms with Crippen molar-refractivity contribution in [2.45, 2.75) is 74.1 Å². The molecule has 0 N–H and O–H groups in total. The van der Waals surface area contributed by atoms with E-state index >= 15 is 0 Å². The molecule has 0 bridgehead atoms. The first-order valence-corrected chi connectivity index (χ1v) is 9.88. The van der Waals surface area contributed by atoms with Gasteiger partial charge in [-0.25, -0.2) is 0 Å². The fourth-order valence-corrected chi connectivity index (χ4v) is 3.74. The van der Waals surface area contributed by atoms with Crippen LogP contribution in [-0.2, 0) is 6.42 Å². The van der Waals surface area contributed by atoms with Gasteiger partial charge in [0, 0.05) is 5.41 Å². The van der Waals surface area contributed by atoms with Gasteiger partial charge in [0.25, 0.3) is 0 Å². The van der Waals surface area contributed by atoms with Crippen LogP contribution in [-0.4, -0.2) is 0 Å². The van der Waals surface area contributed by atoms with Crippen LogP contribution < -0.4 is 0 Å². The zero-order valence-corrected chi connectivity index (χ0v) is 17.5. The zero-order valence-electron chi connectivity index (χ0n) is 17.5. The zero-order chi connectivity index (χ0) is 19.5. The molecule has 0 heteroatoms. The molecule has 1 aliphatic carbocycles. The molecular formula is C25H38. The van der Waals surface area contributed by atoms with E-state index in [1.807, 2.05) is 13.8 Å². The monoisotopic (exact) mass is 338 g/mol. The van der Waals surface area contributed by atoms with Gasteiger partial charge in [-0.15, -0.1) is 12.8 Å². The molecule has 1 atom stereocenters. The third kappa shape index (κ3) is 5.64. The van der Waals surface area contributed by atoms with Crippen LogP contribution in [0.5, 0.6) is 0 Å². The van der Waals surface area contributed by atoms with Crippen molar-refractivity contribution in [2.24, 2.45) is 11.3 Å². The summed E-state index contributed by atoms with van der Waals surface area (Å²) in [6, 6.07) is 9.17. The summed E-state index contributed by atoms with van der Waals surface area (Å²) in [5.74, 6) is 0.721. The average Bonchev–Trinajstić information content (AvgIpc) is 2.66. The minimum atomic E-state index is 0.155. The lowest BCUT2D eigenvalue weighted by molar-refractivity contribution is 0.446. The maximum atomic E-state index is 4.00. The van der Waals surface area contributed by atoms with Crippen molar-refractivity contribution in [3.63, 3.8) is 0 Å². The molecule has 2 rings (SSSR count). The van der Waals surface area contributed by atoms with Crippen molar-refractivity contribution in [3.05, 3.63) is 53.1 Å². The average molecular weight is 339 g/mol. The number of aryl methyl sites for hydroxylation is 1. The van der Waals surface area contributed by atoms with Crippen LogP contribution in [0.25, 0.3) is 5.57 Å². The van der Waals surface area contributed by atoms with Gasteiger partial charge in [0.05, 0.1) is 0 Å². The normalized spacial score (nSPS) is 19.8. The highest BCUT2D eigenvalue weighted by Gasteiger charge is 2.35. The maximum absolute atomic E-state index is 4.00. The number of terminal acetylenes is 1. The van der Waals surface area contributed by atoms with Gasteiger partial charge < -0.3 is 0 Å². The van der Waals surface area contributed by atoms with Crippen LogP contribution in [0, 0.1) is 24.2 Å². The Morgan fingerprint density at radius 1 is 1.04 bits per heavy atom. The Hall–Kier alpha value is -1.74. The summed E-state index contributed by atoms with van der Waals surface area (Å²) < 4.78 is 0. The largest absolute Gasteiger partial charge is 0.124 e. The molecule has 1 aromatic carbocycles. The Morgan fingerprint density at radius 2 is 1.60 bits per heavy atom. The van der Waals surface area contributed by atoms with Crippen molar-refractivity contribution >= 4 is 5.57 Å². The van der Waals surface area contributed by atoms with Gasteiger partial charge in [-0.2, -0.15) is 0 Å². The summed E-state index contributed by atoms with van der Waals surface area (Å²) in [5, 5.41) is 0. The van der Waals surface area contributed by atoms with E-state index in [2.05, 4.69) is 83.9 Å². The number of hydrogen-bond donors (Lipinski definition) is 0. The third-order valence-electron chi connectivity index (χ3n) is 5.03.